The van der Waals surface area contributed by atoms with Crippen molar-refractivity contribution in [1.29, 1.82) is 0 Å². The summed E-state index contributed by atoms with van der Waals surface area (Å²) in [4.78, 5) is 12.0. The average molecular weight is 449 g/mol. The van der Waals surface area contributed by atoms with Gasteiger partial charge < -0.3 is 20.5 Å². The summed E-state index contributed by atoms with van der Waals surface area (Å²) in [5.74, 6) is 0.475. The molecule has 2 atom stereocenters. The number of rotatable bonds is 8. The van der Waals surface area contributed by atoms with Gasteiger partial charge in [0.1, 0.15) is 5.75 Å². The SMILES string of the molecule is CC(NCc1cc(Br)ccc1OCC(=O)NC(C)(C)C)C(O)c1ccccc1. The number of carbonyl (C=O) groups is 1. The highest BCUT2D eigenvalue weighted by Gasteiger charge is 2.17. The van der Waals surface area contributed by atoms with Gasteiger partial charge in [0.25, 0.3) is 5.91 Å². The molecule has 0 fully saturated rings. The van der Waals surface area contributed by atoms with Crippen LogP contribution in [0.3, 0.4) is 0 Å². The second-order valence-corrected chi connectivity index (χ2v) is 8.78. The highest BCUT2D eigenvalue weighted by Crippen LogP contribution is 2.24. The number of hydrogen-bond donors (Lipinski definition) is 3. The summed E-state index contributed by atoms with van der Waals surface area (Å²) in [6.45, 7) is 8.18. The van der Waals surface area contributed by atoms with Crippen LogP contribution >= 0.6 is 15.9 Å². The molecule has 0 spiro atoms. The van der Waals surface area contributed by atoms with Crippen LogP contribution in [-0.2, 0) is 11.3 Å². The lowest BCUT2D eigenvalue weighted by atomic mass is 10.0. The molecule has 2 aromatic carbocycles. The number of halogens is 1. The van der Waals surface area contributed by atoms with Gasteiger partial charge in [-0.25, -0.2) is 0 Å². The number of hydrogen-bond acceptors (Lipinski definition) is 4. The molecule has 0 aromatic heterocycles. The fourth-order valence-electron chi connectivity index (χ4n) is 2.75. The van der Waals surface area contributed by atoms with Crippen molar-refractivity contribution in [2.24, 2.45) is 0 Å². The van der Waals surface area contributed by atoms with Gasteiger partial charge in [-0.15, -0.1) is 0 Å². The number of aliphatic hydroxyl groups excluding tert-OH is 1. The van der Waals surface area contributed by atoms with E-state index in [1.54, 1.807) is 0 Å². The number of benzene rings is 2. The first kappa shape index (κ1) is 22.4. The molecule has 0 bridgehead atoms. The fraction of sp³-hybridized carbons (Fsp3) is 0.409. The summed E-state index contributed by atoms with van der Waals surface area (Å²) < 4.78 is 6.67. The Hall–Kier alpha value is -1.89. The van der Waals surface area contributed by atoms with Crippen molar-refractivity contribution in [3.05, 3.63) is 64.1 Å². The highest BCUT2D eigenvalue weighted by molar-refractivity contribution is 9.10. The number of aliphatic hydroxyl groups is 1. The Labute approximate surface area is 175 Å². The molecule has 3 N–H and O–H groups in total. The van der Waals surface area contributed by atoms with Crippen LogP contribution in [0.5, 0.6) is 5.75 Å². The molecule has 0 aliphatic carbocycles. The predicted octanol–water partition coefficient (Wildman–Crippen LogP) is 3.95. The molecule has 152 valence electrons. The maximum absolute atomic E-state index is 12.0. The van der Waals surface area contributed by atoms with Gasteiger partial charge in [0.2, 0.25) is 0 Å². The highest BCUT2D eigenvalue weighted by atomic mass is 79.9. The van der Waals surface area contributed by atoms with Crippen molar-refractivity contribution >= 4 is 21.8 Å². The summed E-state index contributed by atoms with van der Waals surface area (Å²) >= 11 is 3.48. The third-order valence-corrected chi connectivity index (χ3v) is 4.62. The lowest BCUT2D eigenvalue weighted by Crippen LogP contribution is -2.43. The van der Waals surface area contributed by atoms with Crippen LogP contribution < -0.4 is 15.4 Å². The second-order valence-electron chi connectivity index (χ2n) is 7.86. The molecule has 5 nitrogen and oxygen atoms in total. The number of carbonyl (C=O) groups excluding carboxylic acids is 1. The van der Waals surface area contributed by atoms with Crippen LogP contribution in [0, 0.1) is 0 Å². The minimum atomic E-state index is -0.615. The van der Waals surface area contributed by atoms with Crippen molar-refractivity contribution in [1.82, 2.24) is 10.6 Å². The van der Waals surface area contributed by atoms with Gasteiger partial charge in [-0.3, -0.25) is 4.79 Å². The van der Waals surface area contributed by atoms with Gasteiger partial charge in [-0.05, 0) is 51.5 Å². The summed E-state index contributed by atoms with van der Waals surface area (Å²) in [5, 5.41) is 16.7. The van der Waals surface area contributed by atoms with E-state index >= 15 is 0 Å². The van der Waals surface area contributed by atoms with Gasteiger partial charge in [-0.1, -0.05) is 46.3 Å². The molecule has 0 aliphatic heterocycles. The lowest BCUT2D eigenvalue weighted by Gasteiger charge is -2.22. The predicted molar refractivity (Wildman–Crippen MR) is 115 cm³/mol. The van der Waals surface area contributed by atoms with Crippen LogP contribution in [0.2, 0.25) is 0 Å². The molecule has 0 radical (unpaired) electrons. The molecule has 0 saturated heterocycles. The summed E-state index contributed by atoms with van der Waals surface area (Å²) in [6, 6.07) is 15.1. The Morgan fingerprint density at radius 1 is 1.18 bits per heavy atom. The van der Waals surface area contributed by atoms with Gasteiger partial charge in [0, 0.05) is 28.2 Å². The maximum Gasteiger partial charge on any atom is 0.258 e. The monoisotopic (exact) mass is 448 g/mol. The van der Waals surface area contributed by atoms with Crippen molar-refractivity contribution in [3.63, 3.8) is 0 Å². The molecule has 6 heteroatoms. The lowest BCUT2D eigenvalue weighted by molar-refractivity contribution is -0.124. The number of amides is 1. The number of nitrogens with one attached hydrogen (secondary N) is 2. The fourth-order valence-corrected chi connectivity index (χ4v) is 3.15. The van der Waals surface area contributed by atoms with E-state index in [1.807, 2.05) is 76.2 Å². The molecule has 0 heterocycles. The van der Waals surface area contributed by atoms with E-state index in [2.05, 4.69) is 26.6 Å². The molecule has 2 rings (SSSR count). The van der Waals surface area contributed by atoms with Gasteiger partial charge in [-0.2, -0.15) is 0 Å². The summed E-state index contributed by atoms with van der Waals surface area (Å²) in [5.41, 5.74) is 1.48. The van der Waals surface area contributed by atoms with Crippen LogP contribution in [0.4, 0.5) is 0 Å². The molecule has 2 aromatic rings. The third kappa shape index (κ3) is 7.26. The van der Waals surface area contributed by atoms with Crippen molar-refractivity contribution < 1.29 is 14.6 Å². The topological polar surface area (TPSA) is 70.6 Å². The second kappa shape index (κ2) is 10.0. The Morgan fingerprint density at radius 2 is 1.86 bits per heavy atom. The average Bonchev–Trinajstić information content (AvgIpc) is 2.64. The van der Waals surface area contributed by atoms with Gasteiger partial charge in [0.05, 0.1) is 6.10 Å². The van der Waals surface area contributed by atoms with E-state index in [-0.39, 0.29) is 24.1 Å². The summed E-state index contributed by atoms with van der Waals surface area (Å²) in [7, 11) is 0. The molecule has 0 aliphatic rings. The molecular formula is C22H29BrN2O3. The largest absolute Gasteiger partial charge is 0.483 e. The van der Waals surface area contributed by atoms with Crippen LogP contribution in [0.1, 0.15) is 44.9 Å². The number of ether oxygens (including phenoxy) is 1. The zero-order valence-corrected chi connectivity index (χ0v) is 18.4. The van der Waals surface area contributed by atoms with Gasteiger partial charge in [0.15, 0.2) is 6.61 Å². The Balaban J connectivity index is 1.99. The van der Waals surface area contributed by atoms with Crippen LogP contribution in [0.25, 0.3) is 0 Å². The molecule has 0 saturated carbocycles. The van der Waals surface area contributed by atoms with E-state index in [9.17, 15) is 9.90 Å². The minimum Gasteiger partial charge on any atom is -0.483 e. The smallest absolute Gasteiger partial charge is 0.258 e. The Morgan fingerprint density at radius 3 is 2.50 bits per heavy atom. The van der Waals surface area contributed by atoms with E-state index in [4.69, 9.17) is 4.74 Å². The summed E-state index contributed by atoms with van der Waals surface area (Å²) in [6.07, 6.45) is -0.615. The Bertz CT molecular complexity index is 775. The first-order chi connectivity index (χ1) is 13.2. The third-order valence-electron chi connectivity index (χ3n) is 4.12. The zero-order valence-electron chi connectivity index (χ0n) is 16.8. The minimum absolute atomic E-state index is 0.0475. The quantitative estimate of drug-likeness (QED) is 0.571. The van der Waals surface area contributed by atoms with Crippen LogP contribution in [0.15, 0.2) is 53.0 Å². The van der Waals surface area contributed by atoms with Gasteiger partial charge >= 0.3 is 0 Å². The van der Waals surface area contributed by atoms with E-state index < -0.39 is 6.10 Å². The Kier molecular flexibility index (Phi) is 8.04. The first-order valence-corrected chi connectivity index (χ1v) is 10.1. The van der Waals surface area contributed by atoms with Crippen molar-refractivity contribution in [3.8, 4) is 5.75 Å². The van der Waals surface area contributed by atoms with Crippen LogP contribution in [-0.4, -0.2) is 29.2 Å². The van der Waals surface area contributed by atoms with E-state index in [0.717, 1.165) is 15.6 Å². The molecule has 28 heavy (non-hydrogen) atoms. The van der Waals surface area contributed by atoms with Crippen molar-refractivity contribution in [2.75, 3.05) is 6.61 Å². The van der Waals surface area contributed by atoms with E-state index in [1.165, 1.54) is 0 Å². The zero-order chi connectivity index (χ0) is 20.7. The molecule has 1 amide bonds. The first-order valence-electron chi connectivity index (χ1n) is 9.34. The standard InChI is InChI=1S/C22H29BrN2O3/c1-15(21(27)16-8-6-5-7-9-16)24-13-17-12-18(23)10-11-19(17)28-14-20(26)25-22(2,3)4/h5-12,15,21,24,27H,13-14H2,1-4H3,(H,25,26). The molecular weight excluding hydrogens is 420 g/mol. The maximum atomic E-state index is 12.0. The molecule has 2 unspecified atom stereocenters. The van der Waals surface area contributed by atoms with Crippen molar-refractivity contribution in [2.45, 2.75) is 51.9 Å². The van der Waals surface area contributed by atoms with E-state index in [0.29, 0.717) is 12.3 Å². The normalized spacial score (nSPS) is 13.6.